The Labute approximate surface area is 502 Å². The zero-order valence-corrected chi connectivity index (χ0v) is 47.7. The van der Waals surface area contributed by atoms with E-state index in [0.717, 1.165) is 0 Å². The third kappa shape index (κ3) is 14.9. The maximum atomic E-state index is 12.7. The summed E-state index contributed by atoms with van der Waals surface area (Å²) < 4.78 is 83.5. The van der Waals surface area contributed by atoms with Crippen LogP contribution in [0.3, 0.4) is 0 Å². The maximum absolute atomic E-state index is 12.7. The summed E-state index contributed by atoms with van der Waals surface area (Å²) in [5.74, 6) is -0.390. The zero-order chi connectivity index (χ0) is 63.6. The van der Waals surface area contributed by atoms with Gasteiger partial charge in [-0.3, -0.25) is 4.79 Å². The molecule has 1 amide bonds. The first-order valence-electron chi connectivity index (χ1n) is 29.5. The average molecular weight is 1290 g/mol. The molecule has 14 aliphatic rings. The monoisotopic (exact) mass is 1290 g/mol. The number of nitrogens with zero attached hydrogens (tertiary/aromatic N) is 1. The molecule has 14 heterocycles. The van der Waals surface area contributed by atoms with E-state index in [2.05, 4.69) is 10.6 Å². The van der Waals surface area contributed by atoms with E-state index in [4.69, 9.17) is 66.3 Å². The smallest absolute Gasteiger partial charge is 0.221 e. The minimum absolute atomic E-state index is 0.00915. The number of rotatable bonds is 8. The minimum Gasteiger partial charge on any atom is -0.394 e. The van der Waals surface area contributed by atoms with Crippen LogP contribution < -0.4 is 10.6 Å². The Kier molecular flexibility index (Phi) is 24.9. The standard InChI is InChI=1S/C51H87N3O34/c1-52-23(60)5-8-54-7-4-2-3-6-53-9-16-38-24(61)31(68)45(75-16)84-40-18(11-55)79-49(35(72)28(40)65)87-43-21(14-58)78-48(34(71)27(43)64)83-39-17(10-54)76-46(32(69)25(39)62)85-41-19(12-56)80-50(36(73)29(41)66)88-44-22(15-59)81-51(37(74)30(44)67)86-42-20(13-57)77-47(82-38)33(70)26(42)63/h16-22,24-51,53,55-59,61-74H,2-15H2,1H3,(H,52,60)/t16-,17-,18-,19-,20-,21-,22-,24?,25?,26?,27?,28?,29?,30?,31?,32?,33?,34?,35?,36?,37?,38-,39-,40-,41-,42-,43-,44-,45-,46-,47-,48-,49-,50-,51-/m1/s1. The van der Waals surface area contributed by atoms with E-state index < -0.39 is 254 Å². The Balaban J connectivity index is 1.10. The van der Waals surface area contributed by atoms with Gasteiger partial charge >= 0.3 is 0 Å². The van der Waals surface area contributed by atoms with E-state index in [9.17, 15) is 102 Å². The zero-order valence-electron chi connectivity index (χ0n) is 47.7. The quantitative estimate of drug-likeness (QED) is 0.107. The number of aliphatic hydroxyl groups is 19. The summed E-state index contributed by atoms with van der Waals surface area (Å²) in [7, 11) is 1.41. The number of aliphatic hydroxyl groups excluding tert-OH is 19. The Bertz CT molecular complexity index is 2150. The van der Waals surface area contributed by atoms with Crippen LogP contribution >= 0.6 is 0 Å². The summed E-state index contributed by atoms with van der Waals surface area (Å²) in [6.45, 7) is -5.28. The first-order chi connectivity index (χ1) is 42.1. The van der Waals surface area contributed by atoms with Crippen molar-refractivity contribution in [1.82, 2.24) is 15.5 Å². The van der Waals surface area contributed by atoms with Crippen molar-refractivity contribution in [2.45, 2.75) is 241 Å². The second kappa shape index (κ2) is 31.1. The molecule has 0 aromatic rings. The number of carbonyl (C=O) groups excluding carboxylic acids is 1. The first-order valence-corrected chi connectivity index (χ1v) is 29.5. The lowest BCUT2D eigenvalue weighted by molar-refractivity contribution is -0.396. The van der Waals surface area contributed by atoms with E-state index in [1.54, 1.807) is 4.90 Å². The third-order valence-corrected chi connectivity index (χ3v) is 17.5. The van der Waals surface area contributed by atoms with Crippen molar-refractivity contribution in [2.24, 2.45) is 0 Å². The van der Waals surface area contributed by atoms with Gasteiger partial charge in [-0.2, -0.15) is 0 Å². The second-order valence-electron chi connectivity index (χ2n) is 23.3. The molecule has 0 radical (unpaired) electrons. The largest absolute Gasteiger partial charge is 0.394 e. The van der Waals surface area contributed by atoms with Crippen molar-refractivity contribution in [1.29, 1.82) is 0 Å². The van der Waals surface area contributed by atoms with Crippen molar-refractivity contribution < 1.29 is 168 Å². The van der Waals surface area contributed by atoms with Gasteiger partial charge in [0.2, 0.25) is 5.91 Å². The van der Waals surface area contributed by atoms with Crippen molar-refractivity contribution >= 4 is 5.91 Å². The highest BCUT2D eigenvalue weighted by Crippen LogP contribution is 2.39. The third-order valence-electron chi connectivity index (χ3n) is 17.5. The van der Waals surface area contributed by atoms with Crippen molar-refractivity contribution in [2.75, 3.05) is 72.8 Å². The van der Waals surface area contributed by atoms with Crippen LogP contribution in [0.2, 0.25) is 0 Å². The molecule has 0 spiro atoms. The molecule has 14 fully saturated rings. The fraction of sp³-hybridized carbons (Fsp3) is 0.980. The van der Waals surface area contributed by atoms with Gasteiger partial charge in [-0.1, -0.05) is 6.42 Å². The van der Waals surface area contributed by atoms with Crippen LogP contribution in [-0.2, 0) is 71.1 Å². The van der Waals surface area contributed by atoms with Gasteiger partial charge < -0.3 is 179 Å². The summed E-state index contributed by atoms with van der Waals surface area (Å²) in [5, 5.41) is 222. The SMILES string of the molecule is CNC(=O)CCN1CCCCCNC[C@H]2O[C@@H]3O[C@H]4C(O)C(O)[C@H](O[C@@H]4CO)O[C@H]4C(O)C(O)[C@H](O[C@@H]4CO)O[C@H]4C(O)C(O)[C@H](O[C@@H]4C1)O[C@H]1C(O)C(O)[C@H](O[C@@H]1CO)O[C@H]1C(O)C(O)[C@H](O[C@@H]1CO)O[C@H]1C(O)C(O)[C@H](O[C@@H]1CO)O[C@H]2C(O)C3O. The number of nitrogens with one attached hydrogen (secondary N) is 2. The summed E-state index contributed by atoms with van der Waals surface area (Å²) in [5.41, 5.74) is 0. The predicted octanol–water partition coefficient (Wildman–Crippen LogP) is -14.0. The highest BCUT2D eigenvalue weighted by atomic mass is 16.8. The molecule has 510 valence electrons. The molecule has 0 aromatic carbocycles. The second-order valence-corrected chi connectivity index (χ2v) is 23.3. The summed E-state index contributed by atoms with van der Waals surface area (Å²) in [6, 6.07) is 0. The van der Waals surface area contributed by atoms with Crippen LogP contribution in [-0.4, -0.2) is 396 Å². The minimum atomic E-state index is -2.20. The Morgan fingerprint density at radius 2 is 0.659 bits per heavy atom. The molecule has 14 saturated heterocycles. The van der Waals surface area contributed by atoms with Crippen LogP contribution in [0.15, 0.2) is 0 Å². The average Bonchev–Trinajstić information content (AvgIpc) is 1.58. The number of ether oxygens (including phenoxy) is 14. The molecule has 37 nitrogen and oxygen atoms in total. The molecule has 14 bridgehead atoms. The predicted molar refractivity (Wildman–Crippen MR) is 276 cm³/mol. The molecule has 0 aromatic heterocycles. The van der Waals surface area contributed by atoms with Gasteiger partial charge in [0.1, 0.15) is 171 Å². The van der Waals surface area contributed by atoms with Gasteiger partial charge in [-0.15, -0.1) is 0 Å². The van der Waals surface area contributed by atoms with Gasteiger partial charge in [0.05, 0.1) is 33.0 Å². The van der Waals surface area contributed by atoms with Gasteiger partial charge in [-0.05, 0) is 25.9 Å². The van der Waals surface area contributed by atoms with Crippen LogP contribution in [0.4, 0.5) is 0 Å². The lowest BCUT2D eigenvalue weighted by Gasteiger charge is -2.50. The Hall–Kier alpha value is -1.93. The number of carbonyl (C=O) groups is 1. The summed E-state index contributed by atoms with van der Waals surface area (Å²) in [4.78, 5) is 14.5. The van der Waals surface area contributed by atoms with Crippen LogP contribution in [0.1, 0.15) is 25.7 Å². The number of fused-ring (bicyclic) bond motifs is 5. The highest BCUT2D eigenvalue weighted by Gasteiger charge is 2.60. The first kappa shape index (κ1) is 70.4. The van der Waals surface area contributed by atoms with Crippen LogP contribution in [0.5, 0.6) is 0 Å². The maximum Gasteiger partial charge on any atom is 0.221 e. The number of amides is 1. The number of hydrogen-bond donors (Lipinski definition) is 21. The van der Waals surface area contributed by atoms with Crippen molar-refractivity contribution in [3.05, 3.63) is 0 Å². The molecule has 21 N–H and O–H groups in total. The van der Waals surface area contributed by atoms with E-state index in [0.29, 0.717) is 19.3 Å². The number of hydrogen-bond acceptors (Lipinski definition) is 36. The molecular formula is C51H87N3O34. The topological polar surface area (TPSA) is 558 Å². The van der Waals surface area contributed by atoms with Crippen molar-refractivity contribution in [3.63, 3.8) is 0 Å². The molecule has 14 rings (SSSR count). The molecule has 0 saturated carbocycles. The molecule has 14 aliphatic heterocycles. The van der Waals surface area contributed by atoms with Gasteiger partial charge in [0, 0.05) is 33.1 Å². The fourth-order valence-corrected chi connectivity index (χ4v) is 12.4. The highest BCUT2D eigenvalue weighted by molar-refractivity contribution is 5.75. The summed E-state index contributed by atoms with van der Waals surface area (Å²) >= 11 is 0. The van der Waals surface area contributed by atoms with E-state index in [-0.39, 0.29) is 39.1 Å². The fourth-order valence-electron chi connectivity index (χ4n) is 12.4. The van der Waals surface area contributed by atoms with E-state index in [1.165, 1.54) is 7.05 Å². The molecular weight excluding hydrogens is 1200 g/mol. The molecule has 0 aliphatic carbocycles. The molecule has 88 heavy (non-hydrogen) atoms. The van der Waals surface area contributed by atoms with Crippen LogP contribution in [0, 0.1) is 0 Å². The Morgan fingerprint density at radius 1 is 0.375 bits per heavy atom. The molecule has 35 atom stereocenters. The van der Waals surface area contributed by atoms with E-state index in [1.807, 2.05) is 0 Å². The molecule has 14 unspecified atom stereocenters. The van der Waals surface area contributed by atoms with E-state index >= 15 is 0 Å². The Morgan fingerprint density at radius 3 is 0.977 bits per heavy atom. The normalized spacial score (nSPS) is 51.5. The van der Waals surface area contributed by atoms with Crippen molar-refractivity contribution in [3.8, 4) is 0 Å². The van der Waals surface area contributed by atoms with Gasteiger partial charge in [0.25, 0.3) is 0 Å². The molecule has 37 heteroatoms. The lowest BCUT2D eigenvalue weighted by Crippen LogP contribution is -2.68. The van der Waals surface area contributed by atoms with Crippen LogP contribution in [0.25, 0.3) is 0 Å². The van der Waals surface area contributed by atoms with Gasteiger partial charge in [0.15, 0.2) is 44.0 Å². The van der Waals surface area contributed by atoms with Gasteiger partial charge in [-0.25, -0.2) is 0 Å². The summed E-state index contributed by atoms with van der Waals surface area (Å²) in [6.07, 6.45) is -67.5. The lowest BCUT2D eigenvalue weighted by atomic mass is 9.95.